The van der Waals surface area contributed by atoms with Crippen LogP contribution in [0.25, 0.3) is 0 Å². The molecule has 11 atom stereocenters. The first-order chi connectivity index (χ1) is 15.8. The maximum Gasteiger partial charge on any atom is 1.00 e. The summed E-state index contributed by atoms with van der Waals surface area (Å²) >= 11 is 0. The third-order valence-corrected chi connectivity index (χ3v) is 11.8. The van der Waals surface area contributed by atoms with E-state index >= 15 is 0 Å². The Kier molecular flexibility index (Phi) is 10.2. The quantitative estimate of drug-likeness (QED) is 0.291. The van der Waals surface area contributed by atoms with Crippen LogP contribution >= 0.6 is 0 Å². The minimum Gasteiger partial charge on any atom is -0.726 e. The minimum atomic E-state index is -4.70. The summed E-state index contributed by atoms with van der Waals surface area (Å²) in [5.74, 6) is 2.78. The largest absolute Gasteiger partial charge is 1.00 e. The summed E-state index contributed by atoms with van der Waals surface area (Å²) in [4.78, 5) is 0. The van der Waals surface area contributed by atoms with Crippen LogP contribution in [0.15, 0.2) is 0 Å². The van der Waals surface area contributed by atoms with Crippen LogP contribution in [0.2, 0.25) is 0 Å². The third kappa shape index (κ3) is 6.12. The summed E-state index contributed by atoms with van der Waals surface area (Å²) in [6, 6.07) is 0. The summed E-state index contributed by atoms with van der Waals surface area (Å²) in [6.45, 7) is 11.0. The van der Waals surface area contributed by atoms with Gasteiger partial charge in [0.2, 0.25) is 10.4 Å². The Morgan fingerprint density at radius 3 is 2.20 bits per heavy atom. The van der Waals surface area contributed by atoms with Crippen molar-refractivity contribution in [3.05, 3.63) is 0 Å². The molecule has 4 aliphatic rings. The van der Waals surface area contributed by atoms with Crippen LogP contribution < -0.4 is 51.4 Å². The van der Waals surface area contributed by atoms with E-state index in [4.69, 9.17) is 4.18 Å². The van der Waals surface area contributed by atoms with Crippen LogP contribution in [0.5, 0.6) is 0 Å². The molecule has 8 heteroatoms. The van der Waals surface area contributed by atoms with Gasteiger partial charge in [0, 0.05) is 0 Å². The van der Waals surface area contributed by atoms with E-state index in [9.17, 15) is 23.2 Å². The maximum atomic E-state index is 11.4. The molecule has 0 radical (unpaired) electrons. The van der Waals surface area contributed by atoms with Crippen molar-refractivity contribution in [3.63, 3.8) is 0 Å². The number of rotatable bonds is 7. The van der Waals surface area contributed by atoms with Gasteiger partial charge in [0.15, 0.2) is 0 Å². The molecule has 0 bridgehead atoms. The second-order valence-corrected chi connectivity index (χ2v) is 14.3. The van der Waals surface area contributed by atoms with Gasteiger partial charge in [-0.1, -0.05) is 34.6 Å². The van der Waals surface area contributed by atoms with Gasteiger partial charge in [-0.2, -0.15) is 0 Å². The smallest absolute Gasteiger partial charge is 0.726 e. The average Bonchev–Trinajstić information content (AvgIpc) is 3.08. The van der Waals surface area contributed by atoms with E-state index in [1.54, 1.807) is 0 Å². The van der Waals surface area contributed by atoms with E-state index in [1.807, 2.05) is 13.8 Å². The van der Waals surface area contributed by atoms with Crippen molar-refractivity contribution in [1.82, 2.24) is 0 Å². The Hall–Kier alpha value is 1.43. The number of hydrogen-bond donors (Lipinski definition) is 2. The molecule has 35 heavy (non-hydrogen) atoms. The zero-order valence-electron chi connectivity index (χ0n) is 22.8. The topological polar surface area (TPSA) is 107 Å². The standard InChI is InChI=1S/C27H48O6S.K/c1-16(2)24(33-34(30,31)32)9-6-17(3)20-7-8-21-25-22(11-13-27(20,21)5)26(4)12-10-19(28)14-18(26)15-23(25)29;/h16-25,28-29H,6-15H2,1-5H3,(H,30,31,32);/q;+1/p-1/t17-,18+,19?,20-,21?,22?,23-,24-,25?,26+,27-;/m1./s1. The van der Waals surface area contributed by atoms with Crippen LogP contribution in [0, 0.1) is 52.3 Å². The normalized spacial score (nSPS) is 45.1. The molecule has 4 saturated carbocycles. The van der Waals surface area contributed by atoms with Crippen LogP contribution in [-0.2, 0) is 14.6 Å². The SMILES string of the molecule is CC(C)[C@@H](CC[C@@H](C)[C@H]1CCC2C3C(CC[C@@]21C)[C@@]1(C)CCC(O)C[C@H]1C[C@H]3O)OS(=O)(=O)[O-].[K+]. The number of aliphatic hydroxyl groups excluding tert-OH is 2. The Bertz CT molecular complexity index is 836. The minimum absolute atomic E-state index is 0. The van der Waals surface area contributed by atoms with Gasteiger partial charge in [0.05, 0.1) is 18.3 Å². The molecule has 0 amide bonds. The van der Waals surface area contributed by atoms with Gasteiger partial charge in [-0.15, -0.1) is 0 Å². The first-order valence-electron chi connectivity index (χ1n) is 13.8. The van der Waals surface area contributed by atoms with Gasteiger partial charge in [-0.25, -0.2) is 8.42 Å². The predicted octanol–water partition coefficient (Wildman–Crippen LogP) is 1.90. The first kappa shape index (κ1) is 31.0. The molecule has 4 unspecified atom stereocenters. The second kappa shape index (κ2) is 11.5. The van der Waals surface area contributed by atoms with E-state index in [1.165, 1.54) is 6.42 Å². The van der Waals surface area contributed by atoms with E-state index in [-0.39, 0.29) is 80.3 Å². The molecule has 0 saturated heterocycles. The Morgan fingerprint density at radius 1 is 0.943 bits per heavy atom. The molecule has 4 rings (SSSR count). The van der Waals surface area contributed by atoms with Gasteiger partial charge >= 0.3 is 51.4 Å². The number of aliphatic hydroxyl groups is 2. The molecule has 198 valence electrons. The fourth-order valence-electron chi connectivity index (χ4n) is 9.45. The average molecular weight is 539 g/mol. The second-order valence-electron chi connectivity index (χ2n) is 13.3. The van der Waals surface area contributed by atoms with Gasteiger partial charge in [0.25, 0.3) is 0 Å². The summed E-state index contributed by atoms with van der Waals surface area (Å²) in [5.41, 5.74) is 0.428. The van der Waals surface area contributed by atoms with Crippen molar-refractivity contribution < 1.29 is 78.8 Å². The Morgan fingerprint density at radius 2 is 1.57 bits per heavy atom. The summed E-state index contributed by atoms with van der Waals surface area (Å²) in [5, 5.41) is 21.7. The molecule has 0 aromatic carbocycles. The summed E-state index contributed by atoms with van der Waals surface area (Å²) in [7, 11) is -4.70. The van der Waals surface area contributed by atoms with Crippen molar-refractivity contribution in [3.8, 4) is 0 Å². The van der Waals surface area contributed by atoms with Gasteiger partial charge in [-0.3, -0.25) is 4.18 Å². The zero-order valence-corrected chi connectivity index (χ0v) is 26.7. The molecule has 0 spiro atoms. The molecule has 6 nitrogen and oxygen atoms in total. The first-order valence-corrected chi connectivity index (χ1v) is 15.1. The molecule has 0 aromatic rings. The van der Waals surface area contributed by atoms with Crippen LogP contribution in [0.1, 0.15) is 98.8 Å². The van der Waals surface area contributed by atoms with Gasteiger partial charge < -0.3 is 14.8 Å². The van der Waals surface area contributed by atoms with Crippen molar-refractivity contribution in [1.29, 1.82) is 0 Å². The molecular weight excluding hydrogens is 491 g/mol. The van der Waals surface area contributed by atoms with Crippen LogP contribution in [-0.4, -0.2) is 41.5 Å². The summed E-state index contributed by atoms with van der Waals surface area (Å²) in [6.07, 6.45) is 8.69. The van der Waals surface area contributed by atoms with Gasteiger partial charge in [-0.05, 0) is 116 Å². The Labute approximate surface area is 256 Å². The molecule has 4 aliphatic carbocycles. The monoisotopic (exact) mass is 538 g/mol. The fraction of sp³-hybridized carbons (Fsp3) is 1.00. The van der Waals surface area contributed by atoms with E-state index < -0.39 is 16.5 Å². The van der Waals surface area contributed by atoms with Crippen molar-refractivity contribution in [2.45, 2.75) is 117 Å². The van der Waals surface area contributed by atoms with Crippen molar-refractivity contribution in [2.75, 3.05) is 0 Å². The molecule has 4 fully saturated rings. The van der Waals surface area contributed by atoms with Crippen molar-refractivity contribution in [2.24, 2.45) is 52.3 Å². The molecule has 0 aliphatic heterocycles. The fourth-order valence-corrected chi connectivity index (χ4v) is 10.1. The Balaban J connectivity index is 0.00000342. The van der Waals surface area contributed by atoms with E-state index in [2.05, 4.69) is 20.8 Å². The van der Waals surface area contributed by atoms with Crippen LogP contribution in [0.3, 0.4) is 0 Å². The zero-order chi connectivity index (χ0) is 25.1. The molecule has 0 aromatic heterocycles. The van der Waals surface area contributed by atoms with Gasteiger partial charge in [0.1, 0.15) is 0 Å². The third-order valence-electron chi connectivity index (χ3n) is 11.3. The molecule has 2 N–H and O–H groups in total. The molecular formula is C27H47KO6S. The van der Waals surface area contributed by atoms with Crippen LogP contribution in [0.4, 0.5) is 0 Å². The predicted molar refractivity (Wildman–Crippen MR) is 130 cm³/mol. The molecule has 0 heterocycles. The number of hydrogen-bond acceptors (Lipinski definition) is 6. The van der Waals surface area contributed by atoms with Crippen molar-refractivity contribution >= 4 is 10.4 Å². The summed E-state index contributed by atoms with van der Waals surface area (Å²) < 4.78 is 38.4. The van der Waals surface area contributed by atoms with E-state index in [0.717, 1.165) is 51.4 Å². The van der Waals surface area contributed by atoms with E-state index in [0.29, 0.717) is 41.9 Å². The maximum absolute atomic E-state index is 11.4. The number of fused-ring (bicyclic) bond motifs is 5.